The van der Waals surface area contributed by atoms with Gasteiger partial charge < -0.3 is 4.74 Å². The van der Waals surface area contributed by atoms with Crippen LogP contribution in [0.25, 0.3) is 0 Å². The maximum Gasteiger partial charge on any atom is 0.329 e. The molecule has 13 heavy (non-hydrogen) atoms. The second-order valence-corrected chi connectivity index (χ2v) is 3.59. The maximum atomic E-state index is 9.84. The summed E-state index contributed by atoms with van der Waals surface area (Å²) in [5.74, 6) is -0.525. The highest BCUT2D eigenvalue weighted by Gasteiger charge is 1.98. The highest BCUT2D eigenvalue weighted by atomic mass is 32.2. The first kappa shape index (κ1) is 14.6. The molecular weight excluding hydrogens is 196 g/mol. The summed E-state index contributed by atoms with van der Waals surface area (Å²) in [5, 5.41) is 0. The molecule has 0 aromatic rings. The van der Waals surface area contributed by atoms with Crippen LogP contribution in [0.15, 0.2) is 12.7 Å². The Morgan fingerprint density at radius 2 is 2.08 bits per heavy atom. The lowest BCUT2D eigenvalue weighted by Gasteiger charge is -1.85. The van der Waals surface area contributed by atoms with E-state index in [4.69, 9.17) is 4.55 Å². The third kappa shape index (κ3) is 18.2. The molecule has 0 amide bonds. The van der Waals surface area contributed by atoms with E-state index in [9.17, 15) is 13.2 Å². The van der Waals surface area contributed by atoms with Crippen LogP contribution in [0.1, 0.15) is 13.3 Å². The van der Waals surface area contributed by atoms with Crippen molar-refractivity contribution in [3.05, 3.63) is 12.7 Å². The predicted molar refractivity (Wildman–Crippen MR) is 48.9 cm³/mol. The molecule has 6 heteroatoms. The van der Waals surface area contributed by atoms with Crippen LogP contribution < -0.4 is 0 Å². The number of carbonyl (C=O) groups excluding carboxylic acids is 1. The van der Waals surface area contributed by atoms with Crippen molar-refractivity contribution in [1.82, 2.24) is 0 Å². The Morgan fingerprint density at radius 3 is 2.08 bits per heavy atom. The average Bonchev–Trinajstić information content (AvgIpc) is 2.02. The molecule has 0 saturated heterocycles. The number of carbonyl (C=O) groups is 1. The van der Waals surface area contributed by atoms with E-state index in [2.05, 4.69) is 11.3 Å². The molecule has 0 atom stereocenters. The van der Waals surface area contributed by atoms with Crippen LogP contribution in [0.2, 0.25) is 0 Å². The molecule has 0 spiro atoms. The zero-order valence-corrected chi connectivity index (χ0v) is 8.50. The Hall–Kier alpha value is -0.880. The van der Waals surface area contributed by atoms with Crippen molar-refractivity contribution in [3.8, 4) is 0 Å². The molecule has 0 radical (unpaired) electrons. The summed E-state index contributed by atoms with van der Waals surface area (Å²) in [6, 6.07) is 0. The summed E-state index contributed by atoms with van der Waals surface area (Å²) in [7, 11) is -2.36. The molecule has 0 aliphatic heterocycles. The molecule has 1 N–H and O–H groups in total. The first-order chi connectivity index (χ1) is 5.87. The quantitative estimate of drug-likeness (QED) is 0.420. The number of hydrogen-bond acceptors (Lipinski definition) is 4. The zero-order valence-electron chi connectivity index (χ0n) is 7.69. The van der Waals surface area contributed by atoms with Crippen molar-refractivity contribution in [2.75, 3.05) is 12.9 Å². The minimum absolute atomic E-state index is 0.132. The van der Waals surface area contributed by atoms with Crippen molar-refractivity contribution in [2.24, 2.45) is 0 Å². The molecule has 0 bridgehead atoms. The summed E-state index contributed by atoms with van der Waals surface area (Å²) < 4.78 is 31.7. The second kappa shape index (κ2) is 7.75. The average molecular weight is 210 g/mol. The third-order valence-corrected chi connectivity index (χ3v) is 1.75. The van der Waals surface area contributed by atoms with E-state index in [1.807, 2.05) is 0 Å². The molecule has 0 rings (SSSR count). The van der Waals surface area contributed by atoms with E-state index in [0.29, 0.717) is 6.42 Å². The van der Waals surface area contributed by atoms with Gasteiger partial charge in [0.05, 0.1) is 12.9 Å². The van der Waals surface area contributed by atoms with E-state index < -0.39 is 16.1 Å². The van der Waals surface area contributed by atoms with Crippen molar-refractivity contribution in [3.63, 3.8) is 0 Å². The maximum absolute atomic E-state index is 9.84. The van der Waals surface area contributed by atoms with Crippen molar-refractivity contribution >= 4 is 16.1 Å². The smallest absolute Gasteiger partial charge is 0.329 e. The standard InChI is InChI=1S/C4H6O2.C3H8O3S/c1-3-4(5)6-2;1-2-3-7(4,5)6/h3H,1H2,2H3;2-3H2,1H3,(H,4,5,6). The van der Waals surface area contributed by atoms with Crippen LogP contribution in [0.4, 0.5) is 0 Å². The van der Waals surface area contributed by atoms with Crippen molar-refractivity contribution < 1.29 is 22.5 Å². The van der Waals surface area contributed by atoms with E-state index in [0.717, 1.165) is 6.08 Å². The van der Waals surface area contributed by atoms with E-state index in [1.54, 1.807) is 6.92 Å². The fourth-order valence-electron chi connectivity index (χ4n) is 0.341. The fourth-order valence-corrected chi connectivity index (χ4v) is 0.857. The molecular formula is C7H14O5S. The van der Waals surface area contributed by atoms with Gasteiger partial charge in [0.2, 0.25) is 0 Å². The van der Waals surface area contributed by atoms with Crippen LogP contribution in [0, 0.1) is 0 Å². The van der Waals surface area contributed by atoms with Gasteiger partial charge in [-0.25, -0.2) is 4.79 Å². The Balaban J connectivity index is 0. The van der Waals surface area contributed by atoms with Gasteiger partial charge in [0.25, 0.3) is 10.1 Å². The molecule has 0 saturated carbocycles. The number of hydrogen-bond donors (Lipinski definition) is 1. The van der Waals surface area contributed by atoms with Crippen LogP contribution in [0.5, 0.6) is 0 Å². The molecule has 78 valence electrons. The summed E-state index contributed by atoms with van der Waals surface area (Å²) in [6.45, 7) is 4.85. The van der Waals surface area contributed by atoms with Crippen LogP contribution in [-0.4, -0.2) is 31.8 Å². The third-order valence-electron chi connectivity index (χ3n) is 0.830. The van der Waals surface area contributed by atoms with Crippen molar-refractivity contribution in [1.29, 1.82) is 0 Å². The van der Waals surface area contributed by atoms with E-state index in [-0.39, 0.29) is 5.75 Å². The SMILES string of the molecule is C=CC(=O)OC.CCCS(=O)(=O)O. The molecule has 0 heterocycles. The Bertz CT molecular complexity index is 242. The lowest BCUT2D eigenvalue weighted by molar-refractivity contribution is -0.134. The number of esters is 1. The van der Waals surface area contributed by atoms with Gasteiger partial charge in [-0.05, 0) is 6.42 Å². The van der Waals surface area contributed by atoms with Gasteiger partial charge in [-0.15, -0.1) is 0 Å². The van der Waals surface area contributed by atoms with Gasteiger partial charge in [0, 0.05) is 6.08 Å². The Kier molecular flexibility index (Phi) is 8.73. The summed E-state index contributed by atoms with van der Waals surface area (Å²) in [6.07, 6.45) is 1.58. The first-order valence-electron chi connectivity index (χ1n) is 3.53. The van der Waals surface area contributed by atoms with Gasteiger partial charge in [-0.2, -0.15) is 8.42 Å². The molecule has 5 nitrogen and oxygen atoms in total. The first-order valence-corrected chi connectivity index (χ1v) is 5.13. The number of ether oxygens (including phenoxy) is 1. The van der Waals surface area contributed by atoms with Crippen LogP contribution >= 0.6 is 0 Å². The lowest BCUT2D eigenvalue weighted by atomic mass is 10.6. The minimum atomic E-state index is -3.67. The number of methoxy groups -OCH3 is 1. The molecule has 0 aromatic carbocycles. The topological polar surface area (TPSA) is 80.7 Å². The highest BCUT2D eigenvalue weighted by molar-refractivity contribution is 7.85. The van der Waals surface area contributed by atoms with E-state index >= 15 is 0 Å². The van der Waals surface area contributed by atoms with Crippen LogP contribution in [0.3, 0.4) is 0 Å². The molecule has 0 aliphatic rings. The normalized spacial score (nSPS) is 9.46. The van der Waals surface area contributed by atoms with E-state index in [1.165, 1.54) is 7.11 Å². The zero-order chi connectivity index (χ0) is 10.9. The summed E-state index contributed by atoms with van der Waals surface area (Å²) in [4.78, 5) is 9.84. The molecule has 0 aliphatic carbocycles. The van der Waals surface area contributed by atoms with Crippen molar-refractivity contribution in [2.45, 2.75) is 13.3 Å². The molecule has 0 fully saturated rings. The van der Waals surface area contributed by atoms with Gasteiger partial charge >= 0.3 is 5.97 Å². The predicted octanol–water partition coefficient (Wildman–Crippen LogP) is 0.630. The Morgan fingerprint density at radius 1 is 1.62 bits per heavy atom. The largest absolute Gasteiger partial charge is 0.466 e. The van der Waals surface area contributed by atoms with Crippen LogP contribution in [-0.2, 0) is 19.6 Å². The van der Waals surface area contributed by atoms with Gasteiger partial charge in [0.1, 0.15) is 0 Å². The molecule has 0 unspecified atom stereocenters. The monoisotopic (exact) mass is 210 g/mol. The van der Waals surface area contributed by atoms with Gasteiger partial charge in [-0.3, -0.25) is 4.55 Å². The highest BCUT2D eigenvalue weighted by Crippen LogP contribution is 1.83. The lowest BCUT2D eigenvalue weighted by Crippen LogP contribution is -2.01. The second-order valence-electron chi connectivity index (χ2n) is 2.01. The van der Waals surface area contributed by atoms with Gasteiger partial charge in [-0.1, -0.05) is 13.5 Å². The fraction of sp³-hybridized carbons (Fsp3) is 0.571. The summed E-state index contributed by atoms with van der Waals surface area (Å²) in [5.41, 5.74) is 0. The minimum Gasteiger partial charge on any atom is -0.466 e. The van der Waals surface area contributed by atoms with Gasteiger partial charge in [0.15, 0.2) is 0 Å². The summed E-state index contributed by atoms with van der Waals surface area (Å²) >= 11 is 0. The number of rotatable bonds is 3. The Labute approximate surface area is 78.1 Å². The molecule has 0 aromatic heterocycles.